The molecule has 4 nitrogen and oxygen atoms in total. The number of benzene rings is 2. The van der Waals surface area contributed by atoms with Crippen molar-refractivity contribution < 1.29 is 9.47 Å². The van der Waals surface area contributed by atoms with Gasteiger partial charge in [-0.15, -0.1) is 0 Å². The lowest BCUT2D eigenvalue weighted by molar-refractivity contribution is -0.168. The van der Waals surface area contributed by atoms with Crippen molar-refractivity contribution in [2.75, 3.05) is 26.8 Å². The summed E-state index contributed by atoms with van der Waals surface area (Å²) >= 11 is 6.29. The van der Waals surface area contributed by atoms with E-state index in [1.54, 1.807) is 0 Å². The van der Waals surface area contributed by atoms with E-state index < -0.39 is 5.60 Å². The van der Waals surface area contributed by atoms with Crippen molar-refractivity contribution >= 4 is 23.6 Å². The molecule has 138 valence electrons. The molecular formula is C21H25ClN2O2. The average Bonchev–Trinajstić information content (AvgIpc) is 2.60. The maximum Gasteiger partial charge on any atom is 0.180 e. The Morgan fingerprint density at radius 3 is 2.58 bits per heavy atom. The van der Waals surface area contributed by atoms with Crippen LogP contribution in [0.4, 0.5) is 5.69 Å². The third kappa shape index (κ3) is 3.71. The molecule has 1 aliphatic heterocycles. The number of halogens is 1. The zero-order valence-corrected chi connectivity index (χ0v) is 16.5. The van der Waals surface area contributed by atoms with Crippen molar-refractivity contribution in [3.63, 3.8) is 0 Å². The van der Waals surface area contributed by atoms with Crippen molar-refractivity contribution in [3.05, 3.63) is 58.1 Å². The molecular weight excluding hydrogens is 348 g/mol. The number of aryl methyl sites for hydroxylation is 2. The normalized spacial score (nSPS) is 15.7. The second-order valence-corrected chi connectivity index (χ2v) is 7.20. The number of aliphatic imine (C=N–C) groups is 1. The van der Waals surface area contributed by atoms with E-state index in [-0.39, 0.29) is 0 Å². The van der Waals surface area contributed by atoms with Gasteiger partial charge in [0, 0.05) is 19.2 Å². The van der Waals surface area contributed by atoms with Gasteiger partial charge in [0.1, 0.15) is 5.75 Å². The van der Waals surface area contributed by atoms with E-state index in [1.807, 2.05) is 42.6 Å². The first-order valence-electron chi connectivity index (χ1n) is 8.82. The summed E-state index contributed by atoms with van der Waals surface area (Å²) in [5.74, 6) is 0.682. The molecule has 1 heterocycles. The molecule has 0 bridgehead atoms. The highest BCUT2D eigenvalue weighted by Crippen LogP contribution is 2.40. The van der Waals surface area contributed by atoms with Crippen LogP contribution in [0.25, 0.3) is 0 Å². The molecule has 1 saturated heterocycles. The molecule has 1 fully saturated rings. The van der Waals surface area contributed by atoms with E-state index in [0.717, 1.165) is 28.9 Å². The van der Waals surface area contributed by atoms with Crippen LogP contribution in [0.1, 0.15) is 23.6 Å². The van der Waals surface area contributed by atoms with Crippen molar-refractivity contribution in [1.29, 1.82) is 0 Å². The highest BCUT2D eigenvalue weighted by atomic mass is 35.5. The fraction of sp³-hybridized carbons (Fsp3) is 0.381. The van der Waals surface area contributed by atoms with E-state index in [0.29, 0.717) is 24.0 Å². The van der Waals surface area contributed by atoms with Crippen LogP contribution in [0, 0.1) is 13.8 Å². The smallest absolute Gasteiger partial charge is 0.180 e. The van der Waals surface area contributed by atoms with Crippen molar-refractivity contribution in [3.8, 4) is 5.75 Å². The number of para-hydroxylation sites is 1. The van der Waals surface area contributed by atoms with Crippen LogP contribution in [-0.4, -0.2) is 38.0 Å². The highest BCUT2D eigenvalue weighted by Gasteiger charge is 2.44. The largest absolute Gasteiger partial charge is 0.476 e. The second kappa shape index (κ2) is 7.68. The average molecular weight is 373 g/mol. The summed E-state index contributed by atoms with van der Waals surface area (Å²) in [7, 11) is 2.01. The van der Waals surface area contributed by atoms with E-state index in [2.05, 4.69) is 37.9 Å². The van der Waals surface area contributed by atoms with Crippen molar-refractivity contribution in [2.24, 2.45) is 4.99 Å². The van der Waals surface area contributed by atoms with Gasteiger partial charge in [-0.3, -0.25) is 0 Å². The monoisotopic (exact) mass is 372 g/mol. The Morgan fingerprint density at radius 1 is 1.23 bits per heavy atom. The first-order chi connectivity index (χ1) is 12.4. The van der Waals surface area contributed by atoms with Crippen molar-refractivity contribution in [2.45, 2.75) is 26.4 Å². The van der Waals surface area contributed by atoms with Gasteiger partial charge >= 0.3 is 0 Å². The van der Waals surface area contributed by atoms with Gasteiger partial charge in [0.05, 0.1) is 30.3 Å². The minimum Gasteiger partial charge on any atom is -0.476 e. The molecule has 1 aliphatic rings. The van der Waals surface area contributed by atoms with E-state index in [4.69, 9.17) is 21.1 Å². The molecule has 26 heavy (non-hydrogen) atoms. The highest BCUT2D eigenvalue weighted by molar-refractivity contribution is 6.32. The third-order valence-corrected chi connectivity index (χ3v) is 5.05. The molecule has 0 aromatic heterocycles. The number of nitrogens with zero attached hydrogens (tertiary/aromatic N) is 2. The molecule has 0 atom stereocenters. The number of hydrogen-bond donors (Lipinski definition) is 0. The molecule has 0 N–H and O–H groups in total. The second-order valence-electron chi connectivity index (χ2n) is 6.79. The lowest BCUT2D eigenvalue weighted by atomic mass is 9.86. The number of hydrogen-bond acceptors (Lipinski definition) is 3. The van der Waals surface area contributed by atoms with Gasteiger partial charge in [-0.05, 0) is 56.2 Å². The summed E-state index contributed by atoms with van der Waals surface area (Å²) < 4.78 is 11.9. The van der Waals surface area contributed by atoms with Gasteiger partial charge in [-0.2, -0.15) is 0 Å². The maximum absolute atomic E-state index is 6.34. The molecule has 2 aromatic rings. The Morgan fingerprint density at radius 2 is 1.96 bits per heavy atom. The topological polar surface area (TPSA) is 34.1 Å². The summed E-state index contributed by atoms with van der Waals surface area (Å²) in [5.41, 5.74) is 3.85. The Kier molecular flexibility index (Phi) is 5.54. The van der Waals surface area contributed by atoms with Crippen LogP contribution < -0.4 is 4.74 Å². The van der Waals surface area contributed by atoms with Gasteiger partial charge in [0.25, 0.3) is 0 Å². The summed E-state index contributed by atoms with van der Waals surface area (Å²) in [6.45, 7) is 8.21. The molecule has 0 spiro atoms. The predicted octanol–water partition coefficient (Wildman–Crippen LogP) is 4.87. The summed E-state index contributed by atoms with van der Waals surface area (Å²) in [6.07, 6.45) is 1.86. The standard InChI is InChI=1S/C21H25ClN2O2/c1-5-24(4)14-23-19-11-15(2)17(10-16(19)3)21(12-25-13-21)26-20-9-7-6-8-18(20)22/h6-11,14H,5,12-13H2,1-4H3. The van der Waals surface area contributed by atoms with E-state index >= 15 is 0 Å². The Bertz CT molecular complexity index is 816. The van der Waals surface area contributed by atoms with Crippen LogP contribution in [0.15, 0.2) is 41.4 Å². The molecule has 2 aromatic carbocycles. The van der Waals surface area contributed by atoms with Gasteiger partial charge in [0.2, 0.25) is 0 Å². The predicted molar refractivity (Wildman–Crippen MR) is 107 cm³/mol. The molecule has 0 radical (unpaired) electrons. The van der Waals surface area contributed by atoms with Crippen molar-refractivity contribution in [1.82, 2.24) is 4.90 Å². The lowest BCUT2D eigenvalue weighted by Gasteiger charge is -2.43. The van der Waals surface area contributed by atoms with Crippen LogP contribution in [0.2, 0.25) is 5.02 Å². The van der Waals surface area contributed by atoms with E-state index in [1.165, 1.54) is 0 Å². The van der Waals surface area contributed by atoms with Crippen LogP contribution >= 0.6 is 11.6 Å². The molecule has 0 aliphatic carbocycles. The minimum absolute atomic E-state index is 0.498. The lowest BCUT2D eigenvalue weighted by Crippen LogP contribution is -2.52. The molecule has 5 heteroatoms. The zero-order chi connectivity index (χ0) is 18.7. The zero-order valence-electron chi connectivity index (χ0n) is 15.8. The first-order valence-corrected chi connectivity index (χ1v) is 9.20. The Labute approximate surface area is 160 Å². The van der Waals surface area contributed by atoms with Gasteiger partial charge in [-0.25, -0.2) is 4.99 Å². The fourth-order valence-corrected chi connectivity index (χ4v) is 3.14. The quantitative estimate of drug-likeness (QED) is 0.535. The molecule has 0 amide bonds. The first kappa shape index (κ1) is 18.7. The number of rotatable bonds is 6. The van der Waals surface area contributed by atoms with E-state index in [9.17, 15) is 0 Å². The minimum atomic E-state index is -0.498. The molecule has 3 rings (SSSR count). The van der Waals surface area contributed by atoms with Gasteiger partial charge in [-0.1, -0.05) is 23.7 Å². The van der Waals surface area contributed by atoms with Gasteiger partial charge < -0.3 is 14.4 Å². The Balaban J connectivity index is 1.93. The maximum atomic E-state index is 6.34. The third-order valence-electron chi connectivity index (χ3n) is 4.74. The Hall–Kier alpha value is -2.04. The van der Waals surface area contributed by atoms with Crippen LogP contribution in [0.5, 0.6) is 5.75 Å². The van der Waals surface area contributed by atoms with Crippen LogP contribution in [0.3, 0.4) is 0 Å². The summed E-state index contributed by atoms with van der Waals surface area (Å²) in [5, 5.41) is 0.608. The summed E-state index contributed by atoms with van der Waals surface area (Å²) in [6, 6.07) is 11.8. The fourth-order valence-electron chi connectivity index (χ4n) is 2.97. The SMILES string of the molecule is CCN(C)C=Nc1cc(C)c(C2(Oc3ccccc3Cl)COC2)cc1C. The van der Waals surface area contributed by atoms with Crippen LogP contribution in [-0.2, 0) is 10.3 Å². The molecule has 0 unspecified atom stereocenters. The molecule has 0 saturated carbocycles. The number of ether oxygens (including phenoxy) is 2. The van der Waals surface area contributed by atoms with Gasteiger partial charge in [0.15, 0.2) is 5.60 Å². The summed E-state index contributed by atoms with van der Waals surface area (Å²) in [4.78, 5) is 6.66.